The Bertz CT molecular complexity index is 1060. The molecular weight excluding hydrogens is 366 g/mol. The zero-order valence-electron chi connectivity index (χ0n) is 15.7. The number of aryl methyl sites for hydroxylation is 3. The highest BCUT2D eigenvalue weighted by molar-refractivity contribution is 7.20. The van der Waals surface area contributed by atoms with Crippen LogP contribution in [0.25, 0.3) is 10.2 Å². The number of amides is 1. The maximum atomic E-state index is 12.9. The van der Waals surface area contributed by atoms with Gasteiger partial charge in [0.25, 0.3) is 5.91 Å². The van der Waals surface area contributed by atoms with Crippen molar-refractivity contribution < 1.29 is 19.1 Å². The van der Waals surface area contributed by atoms with Crippen LogP contribution < -0.4 is 10.1 Å². The molecule has 0 saturated carbocycles. The number of nitrogens with one attached hydrogen (secondary N) is 1. The van der Waals surface area contributed by atoms with Crippen LogP contribution in [0.1, 0.15) is 37.1 Å². The molecule has 140 valence electrons. The Morgan fingerprint density at radius 3 is 2.52 bits per heavy atom. The van der Waals surface area contributed by atoms with E-state index in [0.717, 1.165) is 21.5 Å². The summed E-state index contributed by atoms with van der Waals surface area (Å²) < 4.78 is 9.95. The van der Waals surface area contributed by atoms with Gasteiger partial charge in [0.05, 0.1) is 30.3 Å². The van der Waals surface area contributed by atoms with Gasteiger partial charge in [0.2, 0.25) is 0 Å². The maximum absolute atomic E-state index is 12.9. The molecule has 0 saturated heterocycles. The number of carbonyl (C=O) groups is 2. The summed E-state index contributed by atoms with van der Waals surface area (Å²) in [4.78, 5) is 35.0. The fourth-order valence-electron chi connectivity index (χ4n) is 2.91. The van der Waals surface area contributed by atoms with E-state index in [1.165, 1.54) is 31.6 Å². The second kappa shape index (κ2) is 7.32. The van der Waals surface area contributed by atoms with Crippen molar-refractivity contribution in [1.29, 1.82) is 0 Å². The van der Waals surface area contributed by atoms with Crippen molar-refractivity contribution in [2.75, 3.05) is 19.5 Å². The Morgan fingerprint density at radius 2 is 1.85 bits per heavy atom. The summed E-state index contributed by atoms with van der Waals surface area (Å²) in [7, 11) is 2.79. The second-order valence-corrected chi connectivity index (χ2v) is 6.95. The van der Waals surface area contributed by atoms with E-state index in [-0.39, 0.29) is 11.5 Å². The molecule has 27 heavy (non-hydrogen) atoms. The van der Waals surface area contributed by atoms with E-state index in [1.807, 2.05) is 20.8 Å². The largest absolute Gasteiger partial charge is 0.497 e. The molecule has 8 heteroatoms. The van der Waals surface area contributed by atoms with Crippen LogP contribution >= 0.6 is 11.3 Å². The number of methoxy groups -OCH3 is 2. The lowest BCUT2D eigenvalue weighted by Gasteiger charge is -2.11. The van der Waals surface area contributed by atoms with Crippen LogP contribution in [-0.2, 0) is 4.74 Å². The highest BCUT2D eigenvalue weighted by atomic mass is 32.1. The lowest BCUT2D eigenvalue weighted by molar-refractivity contribution is 0.0601. The lowest BCUT2D eigenvalue weighted by atomic mass is 10.1. The molecule has 1 aromatic carbocycles. The number of esters is 1. The summed E-state index contributed by atoms with van der Waals surface area (Å²) in [6, 6.07) is 4.80. The highest BCUT2D eigenvalue weighted by Crippen LogP contribution is 2.32. The predicted molar refractivity (Wildman–Crippen MR) is 104 cm³/mol. The molecule has 2 aromatic heterocycles. The van der Waals surface area contributed by atoms with E-state index in [1.54, 1.807) is 12.1 Å². The van der Waals surface area contributed by atoms with E-state index < -0.39 is 5.97 Å². The molecule has 1 amide bonds. The summed E-state index contributed by atoms with van der Waals surface area (Å²) in [5, 5.41) is 3.68. The van der Waals surface area contributed by atoms with Crippen molar-refractivity contribution in [2.24, 2.45) is 0 Å². The first kappa shape index (κ1) is 18.8. The van der Waals surface area contributed by atoms with Crippen LogP contribution in [0.4, 0.5) is 5.69 Å². The molecule has 0 fully saturated rings. The normalized spacial score (nSPS) is 10.7. The molecule has 2 heterocycles. The Labute approximate surface area is 160 Å². The number of fused-ring (bicyclic) bond motifs is 1. The van der Waals surface area contributed by atoms with Crippen molar-refractivity contribution >= 4 is 39.1 Å². The fourth-order valence-corrected chi connectivity index (χ4v) is 4.08. The zero-order chi connectivity index (χ0) is 19.7. The van der Waals surface area contributed by atoms with Gasteiger partial charge in [-0.3, -0.25) is 4.79 Å². The van der Waals surface area contributed by atoms with Crippen molar-refractivity contribution in [3.63, 3.8) is 0 Å². The van der Waals surface area contributed by atoms with E-state index in [2.05, 4.69) is 15.3 Å². The van der Waals surface area contributed by atoms with Gasteiger partial charge >= 0.3 is 5.97 Å². The quantitative estimate of drug-likeness (QED) is 0.689. The molecule has 3 rings (SSSR count). The van der Waals surface area contributed by atoms with Gasteiger partial charge in [-0.15, -0.1) is 11.3 Å². The minimum Gasteiger partial charge on any atom is -0.497 e. The molecule has 0 unspecified atom stereocenters. The number of aromatic nitrogens is 2. The van der Waals surface area contributed by atoms with Crippen LogP contribution in [0.3, 0.4) is 0 Å². The number of anilines is 1. The number of ether oxygens (including phenoxy) is 2. The fraction of sp³-hybridized carbons (Fsp3) is 0.263. The molecule has 0 atom stereocenters. The van der Waals surface area contributed by atoms with Gasteiger partial charge < -0.3 is 14.8 Å². The third-order valence-electron chi connectivity index (χ3n) is 4.17. The summed E-state index contributed by atoms with van der Waals surface area (Å²) >= 11 is 1.30. The molecular formula is C19H19N3O4S. The third-order valence-corrected chi connectivity index (χ3v) is 5.35. The van der Waals surface area contributed by atoms with Gasteiger partial charge in [0.15, 0.2) is 0 Å². The summed E-state index contributed by atoms with van der Waals surface area (Å²) in [5.74, 6) is 0.279. The first-order valence-electron chi connectivity index (χ1n) is 8.17. The molecule has 0 aliphatic carbocycles. The summed E-state index contributed by atoms with van der Waals surface area (Å²) in [5.41, 5.74) is 2.22. The average molecular weight is 385 g/mol. The van der Waals surface area contributed by atoms with Crippen LogP contribution in [0.15, 0.2) is 18.2 Å². The SMILES string of the molecule is COC(=O)c1cc(OC)ccc1NC(=O)c1sc2nc(C)nc(C)c2c1C. The van der Waals surface area contributed by atoms with Crippen LogP contribution in [0.5, 0.6) is 5.75 Å². The molecule has 0 spiro atoms. The number of hydrogen-bond acceptors (Lipinski definition) is 7. The van der Waals surface area contributed by atoms with E-state index >= 15 is 0 Å². The number of thiophene rings is 1. The summed E-state index contributed by atoms with van der Waals surface area (Å²) in [6.07, 6.45) is 0. The molecule has 0 aliphatic rings. The predicted octanol–water partition coefficient (Wildman–Crippen LogP) is 3.66. The number of hydrogen-bond donors (Lipinski definition) is 1. The molecule has 0 radical (unpaired) electrons. The number of rotatable bonds is 4. The van der Waals surface area contributed by atoms with Crippen LogP contribution in [0, 0.1) is 20.8 Å². The molecule has 1 N–H and O–H groups in total. The minimum atomic E-state index is -0.561. The first-order valence-corrected chi connectivity index (χ1v) is 8.99. The van der Waals surface area contributed by atoms with Gasteiger partial charge in [-0.2, -0.15) is 0 Å². The second-order valence-electron chi connectivity index (χ2n) is 5.95. The lowest BCUT2D eigenvalue weighted by Crippen LogP contribution is -2.15. The Kier molecular flexibility index (Phi) is 5.09. The first-order chi connectivity index (χ1) is 12.8. The van der Waals surface area contributed by atoms with Gasteiger partial charge in [-0.25, -0.2) is 14.8 Å². The Morgan fingerprint density at radius 1 is 1.11 bits per heavy atom. The monoisotopic (exact) mass is 385 g/mol. The number of carbonyl (C=O) groups excluding carboxylic acids is 2. The van der Waals surface area contributed by atoms with E-state index in [4.69, 9.17) is 9.47 Å². The maximum Gasteiger partial charge on any atom is 0.340 e. The Balaban J connectivity index is 2.01. The third kappa shape index (κ3) is 3.48. The van der Waals surface area contributed by atoms with Crippen molar-refractivity contribution in [2.45, 2.75) is 20.8 Å². The van der Waals surface area contributed by atoms with Crippen LogP contribution in [-0.4, -0.2) is 36.1 Å². The van der Waals surface area contributed by atoms with Crippen molar-refractivity contribution in [1.82, 2.24) is 9.97 Å². The van der Waals surface area contributed by atoms with Crippen molar-refractivity contribution in [3.05, 3.63) is 45.7 Å². The number of benzene rings is 1. The van der Waals surface area contributed by atoms with Gasteiger partial charge in [-0.05, 0) is 44.5 Å². The number of nitrogens with zero attached hydrogens (tertiary/aromatic N) is 2. The highest BCUT2D eigenvalue weighted by Gasteiger charge is 2.21. The molecule has 0 aliphatic heterocycles. The average Bonchev–Trinajstić information content (AvgIpc) is 2.98. The minimum absolute atomic E-state index is 0.218. The molecule has 3 aromatic rings. The zero-order valence-corrected chi connectivity index (χ0v) is 16.5. The summed E-state index contributed by atoms with van der Waals surface area (Å²) in [6.45, 7) is 5.59. The van der Waals surface area contributed by atoms with Crippen molar-refractivity contribution in [3.8, 4) is 5.75 Å². The van der Waals surface area contributed by atoms with Crippen LogP contribution in [0.2, 0.25) is 0 Å². The smallest absolute Gasteiger partial charge is 0.340 e. The van der Waals surface area contributed by atoms with E-state index in [0.29, 0.717) is 22.1 Å². The standard InChI is InChI=1S/C19H19N3O4S/c1-9-15-10(2)20-11(3)21-18(15)27-16(9)17(23)22-14-7-6-12(25-4)8-13(14)19(24)26-5/h6-8H,1-5H3,(H,22,23). The molecule has 0 bridgehead atoms. The topological polar surface area (TPSA) is 90.4 Å². The van der Waals surface area contributed by atoms with E-state index in [9.17, 15) is 9.59 Å². The Hall–Kier alpha value is -3.00. The van der Waals surface area contributed by atoms with Gasteiger partial charge in [-0.1, -0.05) is 0 Å². The van der Waals surface area contributed by atoms with Gasteiger partial charge in [0.1, 0.15) is 16.4 Å². The van der Waals surface area contributed by atoms with Gasteiger partial charge in [0, 0.05) is 11.1 Å². The molecule has 7 nitrogen and oxygen atoms in total.